The van der Waals surface area contributed by atoms with Gasteiger partial charge in [0.05, 0.1) is 0 Å². The van der Waals surface area contributed by atoms with E-state index in [-0.39, 0.29) is 19.5 Å². The Morgan fingerprint density at radius 1 is 0.952 bits per heavy atom. The van der Waals surface area contributed by atoms with E-state index in [4.69, 9.17) is 0 Å². The zero-order chi connectivity index (χ0) is 15.6. The SMILES string of the molecule is Cc1cc(C(C)(C)C)cc(C)c1C(=O)Pc1ccccc1. The maximum atomic E-state index is 12.6. The van der Waals surface area contributed by atoms with Crippen molar-refractivity contribution in [2.24, 2.45) is 0 Å². The number of carbonyl (C=O) groups excluding carboxylic acids is 1. The summed E-state index contributed by atoms with van der Waals surface area (Å²) in [4.78, 5) is 12.6. The lowest BCUT2D eigenvalue weighted by molar-refractivity contribution is 0.108. The molecule has 0 aromatic heterocycles. The van der Waals surface area contributed by atoms with E-state index in [0.29, 0.717) is 0 Å². The number of rotatable bonds is 3. The molecular weight excluding hydrogens is 275 g/mol. The van der Waals surface area contributed by atoms with Crippen molar-refractivity contribution in [1.29, 1.82) is 0 Å². The van der Waals surface area contributed by atoms with E-state index in [1.54, 1.807) is 0 Å². The average molecular weight is 298 g/mol. The van der Waals surface area contributed by atoms with Crippen LogP contribution in [0.4, 0.5) is 0 Å². The zero-order valence-electron chi connectivity index (χ0n) is 13.4. The van der Waals surface area contributed by atoms with Gasteiger partial charge in [0.15, 0.2) is 5.52 Å². The largest absolute Gasteiger partial charge is 0.289 e. The number of hydrogen-bond donors (Lipinski definition) is 0. The Hall–Kier alpha value is -1.46. The Morgan fingerprint density at radius 2 is 1.48 bits per heavy atom. The zero-order valence-corrected chi connectivity index (χ0v) is 14.4. The van der Waals surface area contributed by atoms with Gasteiger partial charge >= 0.3 is 0 Å². The van der Waals surface area contributed by atoms with Gasteiger partial charge in [-0.05, 0) is 49.8 Å². The third-order valence-corrected chi connectivity index (χ3v) is 4.76. The maximum absolute atomic E-state index is 12.6. The van der Waals surface area contributed by atoms with Gasteiger partial charge in [-0.3, -0.25) is 4.79 Å². The third kappa shape index (κ3) is 3.80. The van der Waals surface area contributed by atoms with Crippen LogP contribution in [0, 0.1) is 13.8 Å². The number of aryl methyl sites for hydroxylation is 2. The molecule has 0 heterocycles. The maximum Gasteiger partial charge on any atom is 0.186 e. The fourth-order valence-electron chi connectivity index (χ4n) is 2.47. The van der Waals surface area contributed by atoms with Crippen molar-refractivity contribution in [1.82, 2.24) is 0 Å². The van der Waals surface area contributed by atoms with Gasteiger partial charge in [0.2, 0.25) is 0 Å². The summed E-state index contributed by atoms with van der Waals surface area (Å²) in [6.45, 7) is 10.7. The van der Waals surface area contributed by atoms with Crippen LogP contribution in [0.15, 0.2) is 42.5 Å². The first-order valence-corrected chi connectivity index (χ1v) is 8.27. The summed E-state index contributed by atoms with van der Waals surface area (Å²) in [5, 5.41) is 1.10. The summed E-state index contributed by atoms with van der Waals surface area (Å²) < 4.78 is 0. The minimum absolute atomic E-state index is 0.110. The van der Waals surface area contributed by atoms with E-state index < -0.39 is 0 Å². The van der Waals surface area contributed by atoms with Crippen molar-refractivity contribution in [3.63, 3.8) is 0 Å². The Labute approximate surface area is 129 Å². The van der Waals surface area contributed by atoms with Gasteiger partial charge in [0, 0.05) is 5.56 Å². The summed E-state index contributed by atoms with van der Waals surface area (Å²) in [7, 11) is 0.193. The summed E-state index contributed by atoms with van der Waals surface area (Å²) in [5.41, 5.74) is 4.71. The van der Waals surface area contributed by atoms with Crippen molar-refractivity contribution in [2.45, 2.75) is 40.0 Å². The molecule has 0 amide bonds. The standard InChI is InChI=1S/C19H23OP/c1-13-11-15(19(3,4)5)12-14(2)17(13)18(20)21-16-9-7-6-8-10-16/h6-12,21H,1-5H3. The molecule has 1 nitrogen and oxygen atoms in total. The van der Waals surface area contributed by atoms with E-state index in [1.165, 1.54) is 5.56 Å². The van der Waals surface area contributed by atoms with Gasteiger partial charge < -0.3 is 0 Å². The summed E-state index contributed by atoms with van der Waals surface area (Å²) in [6.07, 6.45) is 0. The molecule has 0 radical (unpaired) electrons. The topological polar surface area (TPSA) is 17.1 Å². The van der Waals surface area contributed by atoms with Crippen molar-refractivity contribution >= 4 is 19.4 Å². The predicted molar refractivity (Wildman–Crippen MR) is 93.3 cm³/mol. The van der Waals surface area contributed by atoms with Gasteiger partial charge in [-0.25, -0.2) is 0 Å². The van der Waals surface area contributed by atoms with Crippen LogP contribution in [-0.2, 0) is 5.41 Å². The first-order valence-electron chi connectivity index (χ1n) is 7.27. The molecule has 0 saturated carbocycles. The van der Waals surface area contributed by atoms with Crippen LogP contribution in [0.3, 0.4) is 0 Å². The fraction of sp³-hybridized carbons (Fsp3) is 0.316. The Morgan fingerprint density at radius 3 is 1.95 bits per heavy atom. The van der Waals surface area contributed by atoms with Crippen LogP contribution in [0.5, 0.6) is 0 Å². The smallest absolute Gasteiger partial charge is 0.186 e. The lowest BCUT2D eigenvalue weighted by Gasteiger charge is -2.22. The van der Waals surface area contributed by atoms with Crippen molar-refractivity contribution in [2.75, 3.05) is 0 Å². The van der Waals surface area contributed by atoms with E-state index in [2.05, 4.69) is 32.9 Å². The second-order valence-electron chi connectivity index (χ2n) is 6.56. The molecule has 0 saturated heterocycles. The quantitative estimate of drug-likeness (QED) is 0.748. The molecule has 2 aromatic rings. The lowest BCUT2D eigenvalue weighted by Crippen LogP contribution is -2.13. The monoisotopic (exact) mass is 298 g/mol. The molecule has 0 aliphatic heterocycles. The highest BCUT2D eigenvalue weighted by Gasteiger charge is 2.19. The van der Waals surface area contributed by atoms with Gasteiger partial charge in [-0.1, -0.05) is 63.2 Å². The molecule has 0 spiro atoms. The Kier molecular flexibility index (Phi) is 4.64. The van der Waals surface area contributed by atoms with Crippen LogP contribution in [0.25, 0.3) is 0 Å². The minimum Gasteiger partial charge on any atom is -0.289 e. The van der Waals surface area contributed by atoms with Crippen LogP contribution in [-0.4, -0.2) is 5.52 Å². The van der Waals surface area contributed by atoms with Crippen LogP contribution < -0.4 is 5.30 Å². The van der Waals surface area contributed by atoms with E-state index in [0.717, 1.165) is 22.0 Å². The molecule has 21 heavy (non-hydrogen) atoms. The predicted octanol–water partition coefficient (Wildman–Crippen LogP) is 4.75. The van der Waals surface area contributed by atoms with Gasteiger partial charge in [-0.2, -0.15) is 0 Å². The normalized spacial score (nSPS) is 12.0. The highest BCUT2D eigenvalue weighted by molar-refractivity contribution is 7.66. The molecule has 1 atom stereocenters. The number of carbonyl (C=O) groups is 1. The number of hydrogen-bond acceptors (Lipinski definition) is 1. The van der Waals surface area contributed by atoms with E-state index >= 15 is 0 Å². The second kappa shape index (κ2) is 6.12. The van der Waals surface area contributed by atoms with Crippen LogP contribution in [0.1, 0.15) is 47.8 Å². The summed E-state index contributed by atoms with van der Waals surface area (Å²) in [6, 6.07) is 14.3. The molecule has 0 N–H and O–H groups in total. The molecule has 2 aromatic carbocycles. The summed E-state index contributed by atoms with van der Waals surface area (Å²) >= 11 is 0. The van der Waals surface area contributed by atoms with E-state index in [1.807, 2.05) is 44.2 Å². The third-order valence-electron chi connectivity index (χ3n) is 3.66. The molecular formula is C19H23OP. The van der Waals surface area contributed by atoms with Gasteiger partial charge in [0.1, 0.15) is 0 Å². The summed E-state index contributed by atoms with van der Waals surface area (Å²) in [5.74, 6) is 0. The molecule has 2 rings (SSSR count). The molecule has 110 valence electrons. The first kappa shape index (κ1) is 15.9. The molecule has 0 aliphatic carbocycles. The van der Waals surface area contributed by atoms with Crippen molar-refractivity contribution < 1.29 is 4.79 Å². The van der Waals surface area contributed by atoms with Gasteiger partial charge in [0.25, 0.3) is 0 Å². The first-order chi connectivity index (χ1) is 9.79. The minimum atomic E-state index is 0.110. The van der Waals surface area contributed by atoms with Crippen molar-refractivity contribution in [3.8, 4) is 0 Å². The highest BCUT2D eigenvalue weighted by atomic mass is 31.1. The van der Waals surface area contributed by atoms with E-state index in [9.17, 15) is 4.79 Å². The fourth-order valence-corrected chi connectivity index (χ4v) is 3.61. The van der Waals surface area contributed by atoms with Crippen LogP contribution in [0.2, 0.25) is 0 Å². The average Bonchev–Trinajstić information content (AvgIpc) is 2.37. The van der Waals surface area contributed by atoms with Crippen molar-refractivity contribution in [3.05, 3.63) is 64.7 Å². The number of benzene rings is 2. The highest BCUT2D eigenvalue weighted by Crippen LogP contribution is 2.30. The molecule has 0 fully saturated rings. The molecule has 0 aliphatic rings. The Balaban J connectivity index is 2.34. The van der Waals surface area contributed by atoms with Crippen LogP contribution >= 0.6 is 8.58 Å². The molecule has 2 heteroatoms. The molecule has 1 unspecified atom stereocenters. The van der Waals surface area contributed by atoms with Gasteiger partial charge in [-0.15, -0.1) is 0 Å². The second-order valence-corrected chi connectivity index (χ2v) is 7.84. The molecule has 0 bridgehead atoms. The Bertz CT molecular complexity index is 628. The lowest BCUT2D eigenvalue weighted by atomic mass is 9.84.